The van der Waals surface area contributed by atoms with Crippen LogP contribution >= 0.6 is 0 Å². The third-order valence-corrected chi connectivity index (χ3v) is 6.67. The van der Waals surface area contributed by atoms with Crippen molar-refractivity contribution in [3.05, 3.63) is 35.5 Å². The summed E-state index contributed by atoms with van der Waals surface area (Å²) in [7, 11) is 0. The Balaban J connectivity index is 1.90. The molecule has 1 fully saturated rings. The number of esters is 3. The Morgan fingerprint density at radius 2 is 1.81 bits per heavy atom. The van der Waals surface area contributed by atoms with Crippen molar-refractivity contribution in [2.45, 2.75) is 77.8 Å². The number of fused-ring (bicyclic) bond motifs is 2. The third kappa shape index (κ3) is 4.61. The van der Waals surface area contributed by atoms with Crippen molar-refractivity contribution in [3.63, 3.8) is 0 Å². The smallest absolute Gasteiger partial charge is 0.334 e. The van der Waals surface area contributed by atoms with Gasteiger partial charge in [-0.25, -0.2) is 9.59 Å². The molecule has 0 spiro atoms. The molecular formula is C24H32O7. The van der Waals surface area contributed by atoms with Crippen LogP contribution in [0.3, 0.4) is 0 Å². The summed E-state index contributed by atoms with van der Waals surface area (Å²) < 4.78 is 16.7. The van der Waals surface area contributed by atoms with Crippen molar-refractivity contribution in [3.8, 4) is 0 Å². The first-order valence-electron chi connectivity index (χ1n) is 10.8. The van der Waals surface area contributed by atoms with Crippen LogP contribution in [0.25, 0.3) is 0 Å². The van der Waals surface area contributed by atoms with Gasteiger partial charge in [-0.1, -0.05) is 39.8 Å². The number of hydrogen-bond acceptors (Lipinski definition) is 7. The zero-order valence-electron chi connectivity index (χ0n) is 18.8. The molecule has 0 aromatic carbocycles. The van der Waals surface area contributed by atoms with E-state index in [9.17, 15) is 19.5 Å². The van der Waals surface area contributed by atoms with Crippen molar-refractivity contribution in [2.24, 2.45) is 17.8 Å². The number of carbonyl (C=O) groups is 3. The van der Waals surface area contributed by atoms with Gasteiger partial charge in [0.05, 0.1) is 17.9 Å². The van der Waals surface area contributed by atoms with Gasteiger partial charge in [0.25, 0.3) is 0 Å². The fourth-order valence-electron chi connectivity index (χ4n) is 4.61. The fourth-order valence-corrected chi connectivity index (χ4v) is 4.61. The summed E-state index contributed by atoms with van der Waals surface area (Å²) in [6.07, 6.45) is 2.14. The maximum atomic E-state index is 12.9. The summed E-state index contributed by atoms with van der Waals surface area (Å²) >= 11 is 0. The molecule has 1 aliphatic carbocycles. The lowest BCUT2D eigenvalue weighted by Crippen LogP contribution is -2.44. The number of ether oxygens (including phenoxy) is 3. The second-order valence-electron chi connectivity index (χ2n) is 9.48. The molecule has 1 N–H and O–H groups in total. The van der Waals surface area contributed by atoms with E-state index >= 15 is 0 Å². The highest BCUT2D eigenvalue weighted by Gasteiger charge is 2.47. The molecule has 0 aromatic heterocycles. The van der Waals surface area contributed by atoms with Crippen LogP contribution in [0, 0.1) is 17.8 Å². The molecule has 2 aliphatic heterocycles. The quantitative estimate of drug-likeness (QED) is 0.309. The third-order valence-electron chi connectivity index (χ3n) is 6.67. The molecule has 0 aromatic rings. The van der Waals surface area contributed by atoms with Gasteiger partial charge < -0.3 is 19.3 Å². The molecule has 0 amide bonds. The largest absolute Gasteiger partial charge is 0.458 e. The molecule has 2 bridgehead atoms. The molecule has 4 atom stereocenters. The summed E-state index contributed by atoms with van der Waals surface area (Å²) in [5.74, 6) is -2.46. The van der Waals surface area contributed by atoms with Gasteiger partial charge in [-0.05, 0) is 30.9 Å². The second-order valence-corrected chi connectivity index (χ2v) is 9.48. The lowest BCUT2D eigenvalue weighted by atomic mass is 9.78. The Hall–Kier alpha value is -2.41. The van der Waals surface area contributed by atoms with Crippen LogP contribution in [-0.2, 0) is 28.6 Å². The van der Waals surface area contributed by atoms with Crippen molar-refractivity contribution >= 4 is 17.9 Å². The standard InChI is InChI=1S/C24H32O7/c1-12(2)24(28,13(3)4)11-20(25)30-18-8-14(5)7-17-9-16(23(27)29-17)10-19-21(18)15(6)22(26)31-19/h8-9,12-13,17-19,21,28H,6-7,10-11H2,1-5H3/b14-8+/t17-,18?,19?,21+/m1/s1. The highest BCUT2D eigenvalue weighted by molar-refractivity contribution is 5.93. The number of carbonyl (C=O) groups excluding carboxylic acids is 3. The Labute approximate surface area is 183 Å². The van der Waals surface area contributed by atoms with Crippen LogP contribution in [0.4, 0.5) is 0 Å². The van der Waals surface area contributed by atoms with Crippen LogP contribution in [0.15, 0.2) is 35.5 Å². The molecular weight excluding hydrogens is 400 g/mol. The molecule has 3 aliphatic rings. The molecule has 31 heavy (non-hydrogen) atoms. The van der Waals surface area contributed by atoms with E-state index in [1.165, 1.54) is 0 Å². The zero-order valence-corrected chi connectivity index (χ0v) is 18.8. The SMILES string of the molecule is C=C1C(=O)OC2CC3=C[C@@H](C/C(C)=C/C(OC(=O)CC(O)(C(C)C)C(C)C)[C@H]12)OC3=O. The minimum absolute atomic E-state index is 0.147. The minimum Gasteiger partial charge on any atom is -0.458 e. The van der Waals surface area contributed by atoms with Crippen LogP contribution in [0.2, 0.25) is 0 Å². The van der Waals surface area contributed by atoms with E-state index in [4.69, 9.17) is 14.2 Å². The normalized spacial score (nSPS) is 30.4. The maximum Gasteiger partial charge on any atom is 0.334 e. The van der Waals surface area contributed by atoms with Gasteiger partial charge in [-0.3, -0.25) is 4.79 Å². The Kier molecular flexibility index (Phi) is 6.46. The van der Waals surface area contributed by atoms with Crippen LogP contribution < -0.4 is 0 Å². The monoisotopic (exact) mass is 432 g/mol. The van der Waals surface area contributed by atoms with Crippen molar-refractivity contribution in [2.75, 3.05) is 0 Å². The van der Waals surface area contributed by atoms with Gasteiger partial charge in [-0.2, -0.15) is 0 Å². The van der Waals surface area contributed by atoms with Crippen LogP contribution in [0.1, 0.15) is 53.9 Å². The average Bonchev–Trinajstić information content (AvgIpc) is 3.12. The van der Waals surface area contributed by atoms with E-state index in [-0.39, 0.29) is 36.4 Å². The molecule has 2 unspecified atom stereocenters. The van der Waals surface area contributed by atoms with Gasteiger partial charge in [0, 0.05) is 24.0 Å². The Morgan fingerprint density at radius 1 is 1.16 bits per heavy atom. The summed E-state index contributed by atoms with van der Waals surface area (Å²) in [4.78, 5) is 37.4. The van der Waals surface area contributed by atoms with Crippen molar-refractivity contribution in [1.29, 1.82) is 0 Å². The van der Waals surface area contributed by atoms with E-state index in [1.54, 1.807) is 12.2 Å². The van der Waals surface area contributed by atoms with Crippen molar-refractivity contribution < 1.29 is 33.7 Å². The van der Waals surface area contributed by atoms with Crippen molar-refractivity contribution in [1.82, 2.24) is 0 Å². The van der Waals surface area contributed by atoms with Gasteiger partial charge in [0.15, 0.2) is 0 Å². The van der Waals surface area contributed by atoms with E-state index in [1.807, 2.05) is 34.6 Å². The van der Waals surface area contributed by atoms with E-state index in [2.05, 4.69) is 6.58 Å². The van der Waals surface area contributed by atoms with Gasteiger partial charge in [0.1, 0.15) is 18.3 Å². The number of hydrogen-bond donors (Lipinski definition) is 1. The van der Waals surface area contributed by atoms with Gasteiger partial charge in [0.2, 0.25) is 0 Å². The summed E-state index contributed by atoms with van der Waals surface area (Å²) in [5, 5.41) is 11.0. The molecule has 2 heterocycles. The van der Waals surface area contributed by atoms with Crippen LogP contribution in [0.5, 0.6) is 0 Å². The highest BCUT2D eigenvalue weighted by Crippen LogP contribution is 2.39. The summed E-state index contributed by atoms with van der Waals surface area (Å²) in [5.41, 5.74) is 0.299. The first-order valence-corrected chi connectivity index (χ1v) is 10.8. The first-order chi connectivity index (χ1) is 14.4. The molecule has 1 saturated heterocycles. The van der Waals surface area contributed by atoms with Gasteiger partial charge in [-0.15, -0.1) is 0 Å². The van der Waals surface area contributed by atoms with E-state index < -0.39 is 41.6 Å². The van der Waals surface area contributed by atoms with Crippen LogP contribution in [-0.4, -0.2) is 46.9 Å². The number of aliphatic hydroxyl groups is 1. The predicted octanol–water partition coefficient (Wildman–Crippen LogP) is 3.02. The Bertz CT molecular complexity index is 840. The number of rotatable bonds is 5. The molecule has 170 valence electrons. The zero-order chi connectivity index (χ0) is 23.1. The molecule has 7 nitrogen and oxygen atoms in total. The maximum absolute atomic E-state index is 12.9. The molecule has 3 rings (SSSR count). The predicted molar refractivity (Wildman–Crippen MR) is 113 cm³/mol. The molecule has 0 saturated carbocycles. The van der Waals surface area contributed by atoms with E-state index in [0.717, 1.165) is 5.57 Å². The topological polar surface area (TPSA) is 99.1 Å². The lowest BCUT2D eigenvalue weighted by Gasteiger charge is -2.36. The average molecular weight is 433 g/mol. The molecule has 0 radical (unpaired) electrons. The molecule has 7 heteroatoms. The Morgan fingerprint density at radius 3 is 2.42 bits per heavy atom. The second kappa shape index (κ2) is 8.61. The van der Waals surface area contributed by atoms with E-state index in [0.29, 0.717) is 12.0 Å². The fraction of sp³-hybridized carbons (Fsp3) is 0.625. The lowest BCUT2D eigenvalue weighted by molar-refractivity contribution is -0.160. The summed E-state index contributed by atoms with van der Waals surface area (Å²) in [6.45, 7) is 13.2. The van der Waals surface area contributed by atoms with Gasteiger partial charge >= 0.3 is 17.9 Å². The summed E-state index contributed by atoms with van der Waals surface area (Å²) in [6, 6.07) is 0. The minimum atomic E-state index is -1.21. The highest BCUT2D eigenvalue weighted by atomic mass is 16.6. The first kappa shape index (κ1) is 23.3.